The molecule has 0 fully saturated rings. The van der Waals surface area contributed by atoms with Crippen molar-refractivity contribution in [1.82, 2.24) is 4.90 Å². The van der Waals surface area contributed by atoms with Crippen LogP contribution in [0.5, 0.6) is 0 Å². The molecule has 1 N–H and O–H groups in total. The van der Waals surface area contributed by atoms with Gasteiger partial charge in [-0.25, -0.2) is 0 Å². The van der Waals surface area contributed by atoms with Crippen molar-refractivity contribution < 1.29 is 5.11 Å². The normalized spacial score (nSPS) is 13.6. The van der Waals surface area contributed by atoms with Crippen LogP contribution in [0.25, 0.3) is 11.1 Å². The Morgan fingerprint density at radius 3 is 2.21 bits per heavy atom. The van der Waals surface area contributed by atoms with E-state index in [1.54, 1.807) is 0 Å². The van der Waals surface area contributed by atoms with Gasteiger partial charge in [0.2, 0.25) is 0 Å². The van der Waals surface area contributed by atoms with Crippen molar-refractivity contribution in [2.75, 3.05) is 19.6 Å². The lowest BCUT2D eigenvalue weighted by atomic mass is 9.99. The first-order valence-corrected chi connectivity index (χ1v) is 11.3. The molecule has 152 valence electrons. The van der Waals surface area contributed by atoms with Gasteiger partial charge in [-0.05, 0) is 66.6 Å². The van der Waals surface area contributed by atoms with Crippen LogP contribution in [0.1, 0.15) is 81.6 Å². The van der Waals surface area contributed by atoms with Crippen molar-refractivity contribution in [3.63, 3.8) is 0 Å². The summed E-state index contributed by atoms with van der Waals surface area (Å²) in [5.74, 6) is 0. The van der Waals surface area contributed by atoms with Crippen molar-refractivity contribution in [2.24, 2.45) is 0 Å². The average molecular weight is 380 g/mol. The van der Waals surface area contributed by atoms with E-state index in [0.29, 0.717) is 0 Å². The van der Waals surface area contributed by atoms with Crippen molar-refractivity contribution >= 4 is 0 Å². The third-order valence-corrected chi connectivity index (χ3v) is 6.08. The van der Waals surface area contributed by atoms with Crippen LogP contribution >= 0.6 is 0 Å². The van der Waals surface area contributed by atoms with Crippen LogP contribution in [0.3, 0.4) is 0 Å². The minimum atomic E-state index is -0.367. The number of benzene rings is 2. The summed E-state index contributed by atoms with van der Waals surface area (Å²) < 4.78 is 0. The highest BCUT2D eigenvalue weighted by Crippen LogP contribution is 2.37. The monoisotopic (exact) mass is 379 g/mol. The smallest absolute Gasteiger partial charge is 0.0802 e. The molecule has 0 bridgehead atoms. The Bertz CT molecular complexity index is 729. The largest absolute Gasteiger partial charge is 0.388 e. The van der Waals surface area contributed by atoms with E-state index >= 15 is 0 Å². The Balaban J connectivity index is 1.57. The van der Waals surface area contributed by atoms with Crippen LogP contribution in [0.4, 0.5) is 0 Å². The fourth-order valence-corrected chi connectivity index (χ4v) is 4.35. The third-order valence-electron chi connectivity index (χ3n) is 6.08. The summed E-state index contributed by atoms with van der Waals surface area (Å²) in [4.78, 5) is 2.57. The molecule has 2 aromatic rings. The lowest BCUT2D eigenvalue weighted by Crippen LogP contribution is -2.28. The molecular weight excluding hydrogens is 342 g/mol. The minimum absolute atomic E-state index is 0.367. The molecule has 0 spiro atoms. The number of fused-ring (bicyclic) bond motifs is 3. The van der Waals surface area contributed by atoms with E-state index in [9.17, 15) is 5.11 Å². The third kappa shape index (κ3) is 5.46. The molecule has 1 unspecified atom stereocenters. The topological polar surface area (TPSA) is 23.5 Å². The molecular formula is C26H37NO. The van der Waals surface area contributed by atoms with Crippen LogP contribution in [0, 0.1) is 0 Å². The van der Waals surface area contributed by atoms with Gasteiger partial charge >= 0.3 is 0 Å². The highest BCUT2D eigenvalue weighted by atomic mass is 16.3. The number of rotatable bonds is 12. The predicted octanol–water partition coefficient (Wildman–Crippen LogP) is 6.36. The van der Waals surface area contributed by atoms with Crippen molar-refractivity contribution in [3.05, 3.63) is 59.2 Å². The van der Waals surface area contributed by atoms with Crippen LogP contribution in [-0.4, -0.2) is 29.6 Å². The zero-order chi connectivity index (χ0) is 19.8. The molecule has 28 heavy (non-hydrogen) atoms. The summed E-state index contributed by atoms with van der Waals surface area (Å²) in [6, 6.07) is 15.2. The first-order valence-electron chi connectivity index (χ1n) is 11.3. The van der Waals surface area contributed by atoms with Crippen molar-refractivity contribution in [3.8, 4) is 11.1 Å². The van der Waals surface area contributed by atoms with Gasteiger partial charge in [0, 0.05) is 6.54 Å². The second-order valence-electron chi connectivity index (χ2n) is 8.31. The Kier molecular flexibility index (Phi) is 8.12. The number of aliphatic hydroxyl groups is 1. The van der Waals surface area contributed by atoms with Gasteiger partial charge in [0.05, 0.1) is 6.10 Å². The molecule has 3 rings (SSSR count). The number of unbranched alkanes of at least 4 members (excludes halogenated alkanes) is 4. The number of aliphatic hydroxyl groups excluding tert-OH is 1. The number of hydrogen-bond donors (Lipinski definition) is 1. The Labute approximate surface area is 171 Å². The SMILES string of the molecule is CCCCCN(CCCCC)CCC(O)c1ccc2c(c1)Cc1ccccc1-2. The molecule has 2 heteroatoms. The molecule has 0 aliphatic heterocycles. The zero-order valence-corrected chi connectivity index (χ0v) is 17.8. The first-order chi connectivity index (χ1) is 13.7. The lowest BCUT2D eigenvalue weighted by molar-refractivity contribution is 0.140. The van der Waals surface area contributed by atoms with E-state index in [2.05, 4.69) is 61.2 Å². The maximum absolute atomic E-state index is 10.8. The van der Waals surface area contributed by atoms with Crippen LogP contribution in [-0.2, 0) is 6.42 Å². The van der Waals surface area contributed by atoms with E-state index in [-0.39, 0.29) is 6.10 Å². The van der Waals surface area contributed by atoms with Crippen LogP contribution in [0.15, 0.2) is 42.5 Å². The van der Waals surface area contributed by atoms with Gasteiger partial charge in [-0.3, -0.25) is 0 Å². The van der Waals surface area contributed by atoms with Gasteiger partial charge in [-0.15, -0.1) is 0 Å². The van der Waals surface area contributed by atoms with Crippen LogP contribution < -0.4 is 0 Å². The highest BCUT2D eigenvalue weighted by molar-refractivity contribution is 5.76. The van der Waals surface area contributed by atoms with Gasteiger partial charge in [-0.1, -0.05) is 82.0 Å². The molecule has 0 amide bonds. The predicted molar refractivity (Wildman–Crippen MR) is 120 cm³/mol. The second-order valence-corrected chi connectivity index (χ2v) is 8.31. The molecule has 0 saturated heterocycles. The highest BCUT2D eigenvalue weighted by Gasteiger charge is 2.19. The van der Waals surface area contributed by atoms with E-state index < -0.39 is 0 Å². The summed E-state index contributed by atoms with van der Waals surface area (Å²) in [5, 5.41) is 10.8. The van der Waals surface area contributed by atoms with Crippen molar-refractivity contribution in [1.29, 1.82) is 0 Å². The fraction of sp³-hybridized carbons (Fsp3) is 0.538. The molecule has 0 radical (unpaired) electrons. The van der Waals surface area contributed by atoms with E-state index in [1.807, 2.05) is 0 Å². The molecule has 2 nitrogen and oxygen atoms in total. The lowest BCUT2D eigenvalue weighted by Gasteiger charge is -2.24. The zero-order valence-electron chi connectivity index (χ0n) is 17.8. The minimum Gasteiger partial charge on any atom is -0.388 e. The number of nitrogens with zero attached hydrogens (tertiary/aromatic N) is 1. The maximum Gasteiger partial charge on any atom is 0.0802 e. The van der Waals surface area contributed by atoms with Gasteiger partial charge in [0.15, 0.2) is 0 Å². The molecule has 2 aromatic carbocycles. The summed E-state index contributed by atoms with van der Waals surface area (Å²) in [6.45, 7) is 7.86. The first kappa shape index (κ1) is 21.1. The van der Waals surface area contributed by atoms with Crippen LogP contribution in [0.2, 0.25) is 0 Å². The molecule has 1 aliphatic carbocycles. The van der Waals surface area contributed by atoms with Gasteiger partial charge in [0.1, 0.15) is 0 Å². The van der Waals surface area contributed by atoms with Crippen molar-refractivity contribution in [2.45, 2.75) is 71.3 Å². The Hall–Kier alpha value is -1.64. The van der Waals surface area contributed by atoms with E-state index in [1.165, 1.54) is 73.9 Å². The van der Waals surface area contributed by atoms with Gasteiger partial charge in [0.25, 0.3) is 0 Å². The van der Waals surface area contributed by atoms with E-state index in [4.69, 9.17) is 0 Å². The summed E-state index contributed by atoms with van der Waals surface area (Å²) in [6.07, 6.45) is 9.14. The standard InChI is InChI=1S/C26H37NO/c1-3-5-9-16-27(17-10-6-4-2)18-15-26(28)22-13-14-25-23(20-22)19-21-11-7-8-12-24(21)25/h7-8,11-14,20,26,28H,3-6,9-10,15-19H2,1-2H3. The molecule has 0 saturated carbocycles. The molecule has 0 aromatic heterocycles. The average Bonchev–Trinajstić information content (AvgIpc) is 3.09. The summed E-state index contributed by atoms with van der Waals surface area (Å²) >= 11 is 0. The maximum atomic E-state index is 10.8. The quantitative estimate of drug-likeness (QED) is 0.370. The van der Waals surface area contributed by atoms with E-state index in [0.717, 1.165) is 24.9 Å². The van der Waals surface area contributed by atoms with Gasteiger partial charge in [-0.2, -0.15) is 0 Å². The molecule has 1 atom stereocenters. The second kappa shape index (κ2) is 10.8. The summed E-state index contributed by atoms with van der Waals surface area (Å²) in [5.41, 5.74) is 6.54. The molecule has 1 aliphatic rings. The molecule has 0 heterocycles. The number of hydrogen-bond acceptors (Lipinski definition) is 2. The Morgan fingerprint density at radius 2 is 1.50 bits per heavy atom. The Morgan fingerprint density at radius 1 is 0.821 bits per heavy atom. The fourth-order valence-electron chi connectivity index (χ4n) is 4.35. The summed E-state index contributed by atoms with van der Waals surface area (Å²) in [7, 11) is 0. The van der Waals surface area contributed by atoms with Gasteiger partial charge < -0.3 is 10.0 Å².